The highest BCUT2D eigenvalue weighted by molar-refractivity contribution is 6.17. The maximum atomic E-state index is 12.6. The zero-order chi connectivity index (χ0) is 12.3. The number of hydrogen-bond donors (Lipinski definition) is 2. The fourth-order valence-corrected chi connectivity index (χ4v) is 1.55. The molecule has 0 amide bonds. The van der Waals surface area contributed by atoms with Crippen molar-refractivity contribution in [2.75, 3.05) is 5.73 Å². The summed E-state index contributed by atoms with van der Waals surface area (Å²) >= 11 is 5.47. The van der Waals surface area contributed by atoms with E-state index in [1.807, 2.05) is 0 Å². The minimum Gasteiger partial charge on any atom is -0.481 e. The van der Waals surface area contributed by atoms with Crippen molar-refractivity contribution < 1.29 is 18.7 Å². The topological polar surface area (TPSA) is 76.2 Å². The van der Waals surface area contributed by atoms with Crippen LogP contribution in [-0.4, -0.2) is 16.1 Å². The zero-order valence-electron chi connectivity index (χ0n) is 8.08. The number of anilines is 1. The van der Waals surface area contributed by atoms with Gasteiger partial charge in [0, 0.05) is 11.1 Å². The summed E-state index contributed by atoms with van der Waals surface area (Å²) in [4.78, 5) is 14.1. The van der Waals surface area contributed by atoms with Crippen molar-refractivity contribution in [3.05, 3.63) is 22.9 Å². The zero-order valence-corrected chi connectivity index (χ0v) is 8.84. The third-order valence-corrected chi connectivity index (χ3v) is 2.21. The van der Waals surface area contributed by atoms with E-state index in [1.54, 1.807) is 0 Å². The molecule has 7 heteroatoms. The highest BCUT2D eigenvalue weighted by Gasteiger charge is 2.18. The van der Waals surface area contributed by atoms with E-state index in [4.69, 9.17) is 22.4 Å². The molecule has 0 aliphatic rings. The predicted octanol–water partition coefficient (Wildman–Crippen LogP) is 1.97. The van der Waals surface area contributed by atoms with Gasteiger partial charge in [-0.05, 0) is 6.07 Å². The minimum atomic E-state index is -2.76. The normalized spacial score (nSPS) is 10.8. The van der Waals surface area contributed by atoms with Crippen LogP contribution in [0.3, 0.4) is 0 Å². The van der Waals surface area contributed by atoms with Crippen LogP contribution in [0.1, 0.15) is 23.2 Å². The molecular weight excluding hydrogens is 242 g/mol. The lowest BCUT2D eigenvalue weighted by molar-refractivity contribution is -0.136. The van der Waals surface area contributed by atoms with Crippen molar-refractivity contribution in [1.82, 2.24) is 4.98 Å². The van der Waals surface area contributed by atoms with Gasteiger partial charge in [-0.25, -0.2) is 13.8 Å². The molecule has 0 saturated heterocycles. The van der Waals surface area contributed by atoms with Crippen molar-refractivity contribution in [2.24, 2.45) is 0 Å². The molecule has 0 fully saturated rings. The Balaban J connectivity index is 3.22. The maximum absolute atomic E-state index is 12.6. The minimum absolute atomic E-state index is 0.00540. The summed E-state index contributed by atoms with van der Waals surface area (Å²) in [6, 6.07) is 1.02. The molecule has 16 heavy (non-hydrogen) atoms. The molecule has 3 N–H and O–H groups in total. The van der Waals surface area contributed by atoms with Crippen LogP contribution < -0.4 is 5.73 Å². The van der Waals surface area contributed by atoms with E-state index < -0.39 is 18.8 Å². The molecule has 0 spiro atoms. The molecular formula is C9H9ClF2N2O2. The number of aliphatic carboxylic acids is 1. The second kappa shape index (κ2) is 5.07. The summed E-state index contributed by atoms with van der Waals surface area (Å²) in [6.07, 6.45) is -3.21. The Hall–Kier alpha value is -1.43. The first-order valence-electron chi connectivity index (χ1n) is 4.29. The van der Waals surface area contributed by atoms with Crippen LogP contribution in [0.2, 0.25) is 0 Å². The molecule has 1 aromatic rings. The first kappa shape index (κ1) is 12.6. The number of nitrogens with zero attached hydrogens (tertiary/aromatic N) is 1. The second-order valence-electron chi connectivity index (χ2n) is 3.07. The van der Waals surface area contributed by atoms with Crippen molar-refractivity contribution in [1.29, 1.82) is 0 Å². The number of carbonyl (C=O) groups is 1. The van der Waals surface area contributed by atoms with E-state index in [0.29, 0.717) is 0 Å². The SMILES string of the molecule is Nc1nc(CC(=O)O)cc(C(F)F)c1CCl. The quantitative estimate of drug-likeness (QED) is 0.801. The first-order valence-corrected chi connectivity index (χ1v) is 4.83. The number of nitrogens with two attached hydrogens (primary N) is 1. The fraction of sp³-hybridized carbons (Fsp3) is 0.333. The molecule has 1 rings (SSSR count). The van der Waals surface area contributed by atoms with Gasteiger partial charge in [-0.1, -0.05) is 0 Å². The molecule has 0 aliphatic heterocycles. The number of rotatable bonds is 4. The van der Waals surface area contributed by atoms with Crippen LogP contribution in [0.4, 0.5) is 14.6 Å². The Labute approximate surface area is 95.0 Å². The lowest BCUT2D eigenvalue weighted by atomic mass is 10.1. The van der Waals surface area contributed by atoms with Gasteiger partial charge in [-0.15, -0.1) is 11.6 Å². The Kier molecular flexibility index (Phi) is 4.00. The smallest absolute Gasteiger partial charge is 0.309 e. The van der Waals surface area contributed by atoms with Crippen LogP contribution in [-0.2, 0) is 17.1 Å². The Bertz CT molecular complexity index is 413. The van der Waals surface area contributed by atoms with Crippen molar-refractivity contribution in [2.45, 2.75) is 18.7 Å². The van der Waals surface area contributed by atoms with Crippen LogP contribution >= 0.6 is 11.6 Å². The molecule has 0 radical (unpaired) electrons. The van der Waals surface area contributed by atoms with Gasteiger partial charge in [0.1, 0.15) is 5.82 Å². The number of nitrogen functional groups attached to an aromatic ring is 1. The molecule has 0 atom stereocenters. The lowest BCUT2D eigenvalue weighted by Gasteiger charge is -2.10. The summed E-state index contributed by atoms with van der Waals surface area (Å²) in [5.74, 6) is -1.50. The number of aromatic nitrogens is 1. The summed E-state index contributed by atoms with van der Waals surface area (Å²) < 4.78 is 25.2. The molecule has 4 nitrogen and oxygen atoms in total. The van der Waals surface area contributed by atoms with Crippen LogP contribution in [0, 0.1) is 0 Å². The highest BCUT2D eigenvalue weighted by Crippen LogP contribution is 2.28. The van der Waals surface area contributed by atoms with Crippen LogP contribution in [0.5, 0.6) is 0 Å². The third-order valence-electron chi connectivity index (χ3n) is 1.94. The van der Waals surface area contributed by atoms with Gasteiger partial charge in [0.2, 0.25) is 0 Å². The molecule has 0 aromatic carbocycles. The van der Waals surface area contributed by atoms with Crippen LogP contribution in [0.25, 0.3) is 0 Å². The molecule has 0 unspecified atom stereocenters. The monoisotopic (exact) mass is 250 g/mol. The van der Waals surface area contributed by atoms with Gasteiger partial charge in [0.15, 0.2) is 0 Å². The summed E-state index contributed by atoms with van der Waals surface area (Å²) in [5, 5.41) is 8.52. The van der Waals surface area contributed by atoms with Crippen LogP contribution in [0.15, 0.2) is 6.07 Å². The summed E-state index contributed by atoms with van der Waals surface area (Å²) in [5.41, 5.74) is 5.10. The average Bonchev–Trinajstić information content (AvgIpc) is 2.15. The van der Waals surface area contributed by atoms with Gasteiger partial charge < -0.3 is 10.8 Å². The first-order chi connectivity index (χ1) is 7.45. The predicted molar refractivity (Wildman–Crippen MR) is 54.5 cm³/mol. The standard InChI is InChI=1S/C9H9ClF2N2O2/c10-3-6-5(8(11)12)1-4(2-7(15)16)14-9(6)13/h1,8H,2-3H2,(H2,13,14)(H,15,16). The van der Waals surface area contributed by atoms with Crippen molar-refractivity contribution in [3.63, 3.8) is 0 Å². The number of hydrogen-bond acceptors (Lipinski definition) is 3. The Morgan fingerprint density at radius 3 is 2.69 bits per heavy atom. The molecule has 0 saturated carbocycles. The fourth-order valence-electron chi connectivity index (χ4n) is 1.25. The van der Waals surface area contributed by atoms with E-state index in [1.165, 1.54) is 0 Å². The van der Waals surface area contributed by atoms with Crippen molar-refractivity contribution >= 4 is 23.4 Å². The van der Waals surface area contributed by atoms with Gasteiger partial charge in [-0.3, -0.25) is 4.79 Å². The van der Waals surface area contributed by atoms with E-state index >= 15 is 0 Å². The van der Waals surface area contributed by atoms with E-state index in [-0.39, 0.29) is 28.5 Å². The Morgan fingerprint density at radius 1 is 1.62 bits per heavy atom. The molecule has 1 aromatic heterocycles. The number of pyridine rings is 1. The second-order valence-corrected chi connectivity index (χ2v) is 3.34. The number of carboxylic acids is 1. The van der Waals surface area contributed by atoms with E-state index in [9.17, 15) is 13.6 Å². The third kappa shape index (κ3) is 2.79. The maximum Gasteiger partial charge on any atom is 0.309 e. The van der Waals surface area contributed by atoms with Gasteiger partial charge in [-0.2, -0.15) is 0 Å². The Morgan fingerprint density at radius 2 is 2.25 bits per heavy atom. The van der Waals surface area contributed by atoms with E-state index in [2.05, 4.69) is 4.98 Å². The molecule has 0 bridgehead atoms. The molecule has 1 heterocycles. The number of halogens is 3. The highest BCUT2D eigenvalue weighted by atomic mass is 35.5. The number of carboxylic acid groups (broad SMARTS) is 1. The largest absolute Gasteiger partial charge is 0.481 e. The van der Waals surface area contributed by atoms with Gasteiger partial charge in [0.25, 0.3) is 6.43 Å². The van der Waals surface area contributed by atoms with Gasteiger partial charge in [0.05, 0.1) is 18.0 Å². The summed E-state index contributed by atoms with van der Waals surface area (Å²) in [7, 11) is 0. The average molecular weight is 251 g/mol. The van der Waals surface area contributed by atoms with E-state index in [0.717, 1.165) is 6.07 Å². The molecule has 88 valence electrons. The van der Waals surface area contributed by atoms with Crippen molar-refractivity contribution in [3.8, 4) is 0 Å². The van der Waals surface area contributed by atoms with Gasteiger partial charge >= 0.3 is 5.97 Å². The number of alkyl halides is 3. The molecule has 0 aliphatic carbocycles. The summed E-state index contributed by atoms with van der Waals surface area (Å²) in [6.45, 7) is 0. The lowest BCUT2D eigenvalue weighted by Crippen LogP contribution is -2.08.